The number of hydrogen-bond acceptors (Lipinski definition) is 4. The zero-order valence-electron chi connectivity index (χ0n) is 6.19. The second-order valence-corrected chi connectivity index (χ2v) is 3.71. The first kappa shape index (κ1) is 9.34. The Kier molecular flexibility index (Phi) is 2.93. The van der Waals surface area contributed by atoms with Gasteiger partial charge in [0.15, 0.2) is 0 Å². The minimum absolute atomic E-state index is 0.0333. The molecule has 0 bridgehead atoms. The number of carbonyl (C=O) groups is 2. The lowest BCUT2D eigenvalue weighted by Gasteiger charge is -2.06. The number of hydrogen-bond donors (Lipinski definition) is 3. The lowest BCUT2D eigenvalue weighted by atomic mass is 10.3. The molecule has 1 unspecified atom stereocenters. The van der Waals surface area contributed by atoms with Gasteiger partial charge in [0.1, 0.15) is 6.04 Å². The second kappa shape index (κ2) is 3.77. The van der Waals surface area contributed by atoms with Gasteiger partial charge in [-0.05, 0) is 0 Å². The average Bonchev–Trinajstić information content (AvgIpc) is 2.34. The van der Waals surface area contributed by atoms with E-state index in [9.17, 15) is 9.59 Å². The summed E-state index contributed by atoms with van der Waals surface area (Å²) in [6.07, 6.45) is -0.0333. The van der Waals surface area contributed by atoms with Crippen molar-refractivity contribution in [2.24, 2.45) is 0 Å². The monoisotopic (exact) mass is 191 g/mol. The third-order valence-electron chi connectivity index (χ3n) is 1.51. The van der Waals surface area contributed by atoms with Gasteiger partial charge >= 0.3 is 11.9 Å². The topological polar surface area (TPSA) is 86.6 Å². The predicted molar refractivity (Wildman–Crippen MR) is 43.1 cm³/mol. The highest BCUT2D eigenvalue weighted by molar-refractivity contribution is 8.00. The van der Waals surface area contributed by atoms with Crippen molar-refractivity contribution in [3.8, 4) is 0 Å². The molecular formula is C6H9NO4S. The Morgan fingerprint density at radius 2 is 2.17 bits per heavy atom. The van der Waals surface area contributed by atoms with Crippen molar-refractivity contribution >= 4 is 23.7 Å². The van der Waals surface area contributed by atoms with Crippen LogP contribution in [0.1, 0.15) is 6.42 Å². The summed E-state index contributed by atoms with van der Waals surface area (Å²) >= 11 is 1.33. The highest BCUT2D eigenvalue weighted by atomic mass is 32.2. The van der Waals surface area contributed by atoms with Crippen molar-refractivity contribution in [1.82, 2.24) is 5.32 Å². The molecule has 5 nitrogen and oxygen atoms in total. The highest BCUT2D eigenvalue weighted by Gasteiger charge is 2.30. The van der Waals surface area contributed by atoms with E-state index in [2.05, 4.69) is 5.32 Å². The first-order valence-electron chi connectivity index (χ1n) is 3.42. The fraction of sp³-hybridized carbons (Fsp3) is 0.667. The molecule has 1 rings (SSSR count). The summed E-state index contributed by atoms with van der Waals surface area (Å²) < 4.78 is 0. The summed E-state index contributed by atoms with van der Waals surface area (Å²) in [5.74, 6) is -1.39. The molecule has 0 aromatic carbocycles. The molecule has 0 saturated carbocycles. The number of aliphatic carboxylic acids is 2. The third kappa shape index (κ3) is 2.38. The van der Waals surface area contributed by atoms with Crippen molar-refractivity contribution < 1.29 is 19.8 Å². The van der Waals surface area contributed by atoms with Gasteiger partial charge in [0, 0.05) is 5.75 Å². The highest BCUT2D eigenvalue weighted by Crippen LogP contribution is 2.21. The molecule has 1 aliphatic heterocycles. The molecule has 68 valence electrons. The molecule has 0 spiro atoms. The van der Waals surface area contributed by atoms with Crippen LogP contribution in [0.25, 0.3) is 0 Å². The Balaban J connectivity index is 2.35. The molecule has 1 aliphatic rings. The van der Waals surface area contributed by atoms with Crippen LogP contribution in [0.4, 0.5) is 0 Å². The standard InChI is InChI=1S/C6H9NO4S/c8-5(9)1-4-7-3(2-12-4)6(10)11/h3-4,7H,1-2H2,(H,8,9)(H,10,11)/t3-,4?/m0/s1. The van der Waals surface area contributed by atoms with Crippen molar-refractivity contribution in [2.45, 2.75) is 17.8 Å². The van der Waals surface area contributed by atoms with Crippen molar-refractivity contribution in [2.75, 3.05) is 5.75 Å². The Labute approximate surface area is 73.1 Å². The molecule has 6 heteroatoms. The fourth-order valence-corrected chi connectivity index (χ4v) is 2.14. The minimum Gasteiger partial charge on any atom is -0.481 e. The zero-order chi connectivity index (χ0) is 9.14. The molecule has 1 saturated heterocycles. The van der Waals surface area contributed by atoms with Crippen molar-refractivity contribution in [3.63, 3.8) is 0 Å². The van der Waals surface area contributed by atoms with Crippen LogP contribution in [0.2, 0.25) is 0 Å². The van der Waals surface area contributed by atoms with Crippen LogP contribution in [-0.2, 0) is 9.59 Å². The van der Waals surface area contributed by atoms with Gasteiger partial charge in [0.25, 0.3) is 0 Å². The minimum atomic E-state index is -0.921. The Morgan fingerprint density at radius 1 is 1.50 bits per heavy atom. The van der Waals surface area contributed by atoms with E-state index in [0.29, 0.717) is 5.75 Å². The van der Waals surface area contributed by atoms with Gasteiger partial charge < -0.3 is 10.2 Å². The summed E-state index contributed by atoms with van der Waals surface area (Å²) in [6, 6.07) is -0.598. The Bertz CT molecular complexity index is 208. The maximum Gasteiger partial charge on any atom is 0.321 e. The molecule has 0 radical (unpaired) electrons. The molecular weight excluding hydrogens is 182 g/mol. The number of thioether (sulfide) groups is 1. The summed E-state index contributed by atoms with van der Waals surface area (Å²) in [5, 5.41) is 19.4. The molecule has 0 aromatic heterocycles. The van der Waals surface area contributed by atoms with Gasteiger partial charge in [-0.1, -0.05) is 0 Å². The van der Waals surface area contributed by atoms with E-state index in [0.717, 1.165) is 0 Å². The Hall–Kier alpha value is -0.750. The van der Waals surface area contributed by atoms with E-state index < -0.39 is 18.0 Å². The van der Waals surface area contributed by atoms with E-state index in [1.807, 2.05) is 0 Å². The van der Waals surface area contributed by atoms with Gasteiger partial charge in [-0.25, -0.2) is 0 Å². The van der Waals surface area contributed by atoms with E-state index in [1.54, 1.807) is 0 Å². The molecule has 0 aromatic rings. The molecule has 1 fully saturated rings. The number of rotatable bonds is 3. The number of carboxylic acids is 2. The molecule has 3 N–H and O–H groups in total. The number of carboxylic acid groups (broad SMARTS) is 2. The summed E-state index contributed by atoms with van der Waals surface area (Å²) in [6.45, 7) is 0. The first-order chi connectivity index (χ1) is 5.59. The van der Waals surface area contributed by atoms with Crippen LogP contribution >= 0.6 is 11.8 Å². The lowest BCUT2D eigenvalue weighted by Crippen LogP contribution is -2.37. The zero-order valence-corrected chi connectivity index (χ0v) is 7.00. The smallest absolute Gasteiger partial charge is 0.321 e. The van der Waals surface area contributed by atoms with Crippen LogP contribution in [0.15, 0.2) is 0 Å². The molecule has 2 atom stereocenters. The quantitative estimate of drug-likeness (QED) is 0.561. The fourth-order valence-electron chi connectivity index (χ4n) is 0.952. The maximum atomic E-state index is 10.4. The van der Waals surface area contributed by atoms with Gasteiger partial charge in [0.05, 0.1) is 11.8 Å². The normalized spacial score (nSPS) is 28.7. The summed E-state index contributed by atoms with van der Waals surface area (Å²) in [5.41, 5.74) is 0. The van der Waals surface area contributed by atoms with Crippen LogP contribution in [0, 0.1) is 0 Å². The lowest BCUT2D eigenvalue weighted by molar-refractivity contribution is -0.140. The van der Waals surface area contributed by atoms with E-state index in [1.165, 1.54) is 11.8 Å². The van der Waals surface area contributed by atoms with Gasteiger partial charge in [-0.3, -0.25) is 14.9 Å². The van der Waals surface area contributed by atoms with E-state index >= 15 is 0 Å². The van der Waals surface area contributed by atoms with E-state index in [-0.39, 0.29) is 11.8 Å². The maximum absolute atomic E-state index is 10.4. The number of nitrogens with one attached hydrogen (secondary N) is 1. The predicted octanol–water partition coefficient (Wildman–Crippen LogP) is -0.423. The van der Waals surface area contributed by atoms with E-state index in [4.69, 9.17) is 10.2 Å². The first-order valence-corrected chi connectivity index (χ1v) is 4.46. The van der Waals surface area contributed by atoms with Gasteiger partial charge in [-0.2, -0.15) is 0 Å². The third-order valence-corrected chi connectivity index (χ3v) is 2.74. The van der Waals surface area contributed by atoms with Crippen LogP contribution < -0.4 is 5.32 Å². The Morgan fingerprint density at radius 3 is 2.58 bits per heavy atom. The average molecular weight is 191 g/mol. The van der Waals surface area contributed by atoms with Gasteiger partial charge in [0.2, 0.25) is 0 Å². The summed E-state index contributed by atoms with van der Waals surface area (Å²) in [7, 11) is 0. The molecule has 12 heavy (non-hydrogen) atoms. The molecule has 0 aliphatic carbocycles. The van der Waals surface area contributed by atoms with Crippen molar-refractivity contribution in [3.05, 3.63) is 0 Å². The SMILES string of the molecule is O=C(O)CC1N[C@H](C(=O)O)CS1. The van der Waals surface area contributed by atoms with Crippen LogP contribution in [0.3, 0.4) is 0 Å². The largest absolute Gasteiger partial charge is 0.481 e. The van der Waals surface area contributed by atoms with Crippen molar-refractivity contribution in [1.29, 1.82) is 0 Å². The second-order valence-electron chi connectivity index (χ2n) is 2.48. The van der Waals surface area contributed by atoms with Crippen LogP contribution in [-0.4, -0.2) is 39.3 Å². The molecule has 0 amide bonds. The molecule has 1 heterocycles. The van der Waals surface area contributed by atoms with Crippen LogP contribution in [0.5, 0.6) is 0 Å². The van der Waals surface area contributed by atoms with Gasteiger partial charge in [-0.15, -0.1) is 11.8 Å². The summed E-state index contributed by atoms with van der Waals surface area (Å²) in [4.78, 5) is 20.6.